The van der Waals surface area contributed by atoms with Gasteiger partial charge >= 0.3 is 11.9 Å². The van der Waals surface area contributed by atoms with Gasteiger partial charge in [0.1, 0.15) is 29.6 Å². The van der Waals surface area contributed by atoms with Crippen molar-refractivity contribution in [2.45, 2.75) is 71.7 Å². The van der Waals surface area contributed by atoms with Crippen LogP contribution in [0.3, 0.4) is 0 Å². The number of carbonyl (C=O) groups excluding carboxylic acids is 5. The molecule has 0 spiro atoms. The molecule has 3 amide bonds. The maximum absolute atomic E-state index is 13.6. The number of hydrogen-bond acceptors (Lipinski definition) is 10. The molecule has 1 aromatic heterocycles. The van der Waals surface area contributed by atoms with Crippen LogP contribution in [0.4, 0.5) is 0 Å². The van der Waals surface area contributed by atoms with E-state index in [1.165, 1.54) is 19.0 Å². The lowest BCUT2D eigenvalue weighted by atomic mass is 9.83. The second-order valence-electron chi connectivity index (χ2n) is 12.2. The molecule has 4 atom stereocenters. The van der Waals surface area contributed by atoms with Crippen LogP contribution in [0.2, 0.25) is 0 Å². The molecule has 13 nitrogen and oxygen atoms in total. The van der Waals surface area contributed by atoms with Gasteiger partial charge in [0.05, 0.1) is 31.5 Å². The SMILES string of the molecule is COC(=O)[C@@H]1CCCN(C(=O)[C@H](C)NC(=O)[C@@H](NC(=O)C2(/C=C/c3ccc4ccc([C@@H](C)OC(C)=O)nc4c3)COC2)C(C)C)N1. The smallest absolute Gasteiger partial charge is 0.324 e. The number of benzene rings is 1. The number of aromatic nitrogens is 1. The topological polar surface area (TPSA) is 165 Å². The van der Waals surface area contributed by atoms with E-state index in [2.05, 4.69) is 21.0 Å². The Morgan fingerprint density at radius 1 is 1.09 bits per heavy atom. The first-order valence-electron chi connectivity index (χ1n) is 15.4. The van der Waals surface area contributed by atoms with Gasteiger partial charge in [-0.1, -0.05) is 44.2 Å². The quantitative estimate of drug-likeness (QED) is 0.311. The van der Waals surface area contributed by atoms with Crippen LogP contribution in [0.1, 0.15) is 64.8 Å². The molecule has 0 radical (unpaired) electrons. The van der Waals surface area contributed by atoms with Gasteiger partial charge in [-0.05, 0) is 50.3 Å². The fourth-order valence-corrected chi connectivity index (χ4v) is 5.35. The predicted octanol–water partition coefficient (Wildman–Crippen LogP) is 2.20. The Bertz CT molecular complexity index is 1500. The van der Waals surface area contributed by atoms with Crippen LogP contribution in [0.15, 0.2) is 36.4 Å². The third-order valence-electron chi connectivity index (χ3n) is 8.17. The second-order valence-corrected chi connectivity index (χ2v) is 12.2. The highest BCUT2D eigenvalue weighted by atomic mass is 16.5. The number of hydrazine groups is 1. The Hall–Kier alpha value is -4.36. The van der Waals surface area contributed by atoms with E-state index in [1.807, 2.05) is 50.3 Å². The Labute approximate surface area is 268 Å². The minimum Gasteiger partial charge on any atom is -0.468 e. The molecule has 1 aromatic carbocycles. The van der Waals surface area contributed by atoms with Gasteiger partial charge in [-0.3, -0.25) is 29.0 Å². The molecule has 3 N–H and O–H groups in total. The van der Waals surface area contributed by atoms with Crippen LogP contribution in [-0.4, -0.2) is 84.6 Å². The summed E-state index contributed by atoms with van der Waals surface area (Å²) in [6.45, 7) is 8.97. The van der Waals surface area contributed by atoms with Crippen molar-refractivity contribution >= 4 is 46.6 Å². The molecule has 13 heteroatoms. The Balaban J connectivity index is 1.42. The average Bonchev–Trinajstić information content (AvgIpc) is 3.01. The lowest BCUT2D eigenvalue weighted by Crippen LogP contribution is -2.62. The van der Waals surface area contributed by atoms with Crippen LogP contribution >= 0.6 is 0 Å². The lowest BCUT2D eigenvalue weighted by Gasteiger charge is -2.39. The van der Waals surface area contributed by atoms with Crippen molar-refractivity contribution in [3.05, 3.63) is 47.7 Å². The summed E-state index contributed by atoms with van der Waals surface area (Å²) >= 11 is 0. The normalized spacial score (nSPS) is 19.5. The fraction of sp³-hybridized carbons (Fsp3) is 0.515. The first kappa shape index (κ1) is 34.5. The van der Waals surface area contributed by atoms with Crippen molar-refractivity contribution in [3.8, 4) is 0 Å². The molecule has 0 aliphatic carbocycles. The van der Waals surface area contributed by atoms with Crippen LogP contribution < -0.4 is 16.1 Å². The summed E-state index contributed by atoms with van der Waals surface area (Å²) in [5, 5.41) is 7.84. The highest BCUT2D eigenvalue weighted by molar-refractivity contribution is 5.94. The van der Waals surface area contributed by atoms with Gasteiger partial charge in [0.25, 0.3) is 5.91 Å². The Kier molecular flexibility index (Phi) is 11.1. The van der Waals surface area contributed by atoms with Gasteiger partial charge in [-0.2, -0.15) is 0 Å². The van der Waals surface area contributed by atoms with E-state index < -0.39 is 47.4 Å². The molecule has 0 unspecified atom stereocenters. The summed E-state index contributed by atoms with van der Waals surface area (Å²) in [5.74, 6) is -2.39. The molecular weight excluding hydrogens is 594 g/mol. The van der Waals surface area contributed by atoms with Crippen molar-refractivity contribution in [3.63, 3.8) is 0 Å². The van der Waals surface area contributed by atoms with E-state index in [0.717, 1.165) is 10.9 Å². The van der Waals surface area contributed by atoms with E-state index in [9.17, 15) is 24.0 Å². The van der Waals surface area contributed by atoms with E-state index in [-0.39, 0.29) is 31.0 Å². The second kappa shape index (κ2) is 14.8. The molecule has 46 heavy (non-hydrogen) atoms. The maximum atomic E-state index is 13.6. The molecule has 2 fully saturated rings. The molecule has 2 aromatic rings. The number of rotatable bonds is 11. The maximum Gasteiger partial charge on any atom is 0.324 e. The molecule has 2 aliphatic heterocycles. The van der Waals surface area contributed by atoms with Crippen molar-refractivity contribution in [1.82, 2.24) is 26.1 Å². The number of esters is 2. The van der Waals surface area contributed by atoms with E-state index in [1.54, 1.807) is 19.9 Å². The number of nitrogens with zero attached hydrogens (tertiary/aromatic N) is 2. The summed E-state index contributed by atoms with van der Waals surface area (Å²) in [6.07, 6.45) is 4.25. The van der Waals surface area contributed by atoms with Gasteiger partial charge < -0.3 is 24.8 Å². The van der Waals surface area contributed by atoms with Crippen molar-refractivity contribution in [2.75, 3.05) is 26.9 Å². The third kappa shape index (κ3) is 8.07. The number of fused-ring (bicyclic) bond motifs is 1. The Morgan fingerprint density at radius 2 is 1.80 bits per heavy atom. The summed E-state index contributed by atoms with van der Waals surface area (Å²) < 4.78 is 15.5. The highest BCUT2D eigenvalue weighted by Gasteiger charge is 2.45. The highest BCUT2D eigenvalue weighted by Crippen LogP contribution is 2.31. The molecule has 0 bridgehead atoms. The molecule has 2 aliphatic rings. The number of pyridine rings is 1. The van der Waals surface area contributed by atoms with E-state index >= 15 is 0 Å². The van der Waals surface area contributed by atoms with Gasteiger partial charge in [-0.15, -0.1) is 0 Å². The van der Waals surface area contributed by atoms with Crippen LogP contribution in [0.25, 0.3) is 17.0 Å². The molecular formula is C33H43N5O8. The number of amides is 3. The van der Waals surface area contributed by atoms with Gasteiger partial charge in [-0.25, -0.2) is 10.4 Å². The Morgan fingerprint density at radius 3 is 2.43 bits per heavy atom. The van der Waals surface area contributed by atoms with Gasteiger partial charge in [0, 0.05) is 18.9 Å². The van der Waals surface area contributed by atoms with E-state index in [4.69, 9.17) is 14.2 Å². The number of hydrogen-bond donors (Lipinski definition) is 3. The predicted molar refractivity (Wildman–Crippen MR) is 168 cm³/mol. The fourth-order valence-electron chi connectivity index (χ4n) is 5.35. The minimum absolute atomic E-state index is 0.147. The largest absolute Gasteiger partial charge is 0.468 e. The minimum atomic E-state index is -0.983. The summed E-state index contributed by atoms with van der Waals surface area (Å²) in [7, 11) is 1.29. The number of ether oxygens (including phenoxy) is 3. The van der Waals surface area contributed by atoms with Crippen molar-refractivity contribution in [2.24, 2.45) is 11.3 Å². The first-order valence-corrected chi connectivity index (χ1v) is 15.4. The number of methoxy groups -OCH3 is 1. The summed E-state index contributed by atoms with van der Waals surface area (Å²) in [5.41, 5.74) is 4.03. The molecule has 0 saturated carbocycles. The monoisotopic (exact) mass is 637 g/mol. The van der Waals surface area contributed by atoms with Crippen LogP contribution in [0.5, 0.6) is 0 Å². The zero-order chi connectivity index (χ0) is 33.6. The summed E-state index contributed by atoms with van der Waals surface area (Å²) in [4.78, 5) is 68.0. The average molecular weight is 638 g/mol. The third-order valence-corrected chi connectivity index (χ3v) is 8.17. The number of nitrogens with one attached hydrogen (secondary N) is 3. The van der Waals surface area contributed by atoms with Gasteiger partial charge in [0.2, 0.25) is 11.8 Å². The van der Waals surface area contributed by atoms with Crippen molar-refractivity contribution in [1.29, 1.82) is 0 Å². The van der Waals surface area contributed by atoms with E-state index in [0.29, 0.717) is 30.6 Å². The molecule has 2 saturated heterocycles. The molecule has 3 heterocycles. The zero-order valence-electron chi connectivity index (χ0n) is 27.1. The van der Waals surface area contributed by atoms with Crippen molar-refractivity contribution < 1.29 is 38.2 Å². The molecule has 248 valence electrons. The number of carbonyl (C=O) groups is 5. The lowest BCUT2D eigenvalue weighted by molar-refractivity contribution is -0.154. The van der Waals surface area contributed by atoms with Crippen LogP contribution in [0, 0.1) is 11.3 Å². The molecule has 4 rings (SSSR count). The first-order chi connectivity index (χ1) is 21.8. The van der Waals surface area contributed by atoms with Gasteiger partial charge in [0.15, 0.2) is 0 Å². The summed E-state index contributed by atoms with van der Waals surface area (Å²) in [6, 6.07) is 6.99. The van der Waals surface area contributed by atoms with Crippen LogP contribution in [-0.2, 0) is 38.2 Å². The standard InChI is InChI=1S/C33H43N5O8/c1-19(2)28(29(40)34-20(3)30(41)38-15-7-8-26(37-38)31(42)44-6)36-32(43)33(17-45-18-33)14-13-23-9-10-24-11-12-25(35-27(24)16-23)21(4)46-22(5)39/h9-14,16,19-21,26,28,37H,7-8,15,17-18H2,1-6H3,(H,34,40)(H,36,43)/b14-13+/t20-,21+,26-,28-/m0/s1. The zero-order valence-corrected chi connectivity index (χ0v) is 27.1.